The first-order valence-electron chi connectivity index (χ1n) is 5.17. The highest BCUT2D eigenvalue weighted by atomic mass is 16.8. The molecule has 0 saturated carbocycles. The van der Waals surface area contributed by atoms with E-state index in [4.69, 9.17) is 4.74 Å². The highest BCUT2D eigenvalue weighted by Crippen LogP contribution is 2.17. The van der Waals surface area contributed by atoms with Gasteiger partial charge in [0.1, 0.15) is 12.8 Å². The number of aryl methyl sites for hydroxylation is 1. The largest absolute Gasteiger partial charge is 0.494 e. The fourth-order valence-corrected chi connectivity index (χ4v) is 1.52. The third kappa shape index (κ3) is 2.01. The molecule has 0 fully saturated rings. The quantitative estimate of drug-likeness (QED) is 0.734. The van der Waals surface area contributed by atoms with E-state index in [1.807, 2.05) is 6.92 Å². The molecule has 1 heterocycles. The highest BCUT2D eigenvalue weighted by Gasteiger charge is 2.18. The lowest BCUT2D eigenvalue weighted by atomic mass is 10.1. The lowest BCUT2D eigenvalue weighted by Crippen LogP contribution is -2.27. The van der Waals surface area contributed by atoms with Crippen molar-refractivity contribution >= 4 is 0 Å². The first-order valence-corrected chi connectivity index (χ1v) is 5.17. The van der Waals surface area contributed by atoms with Crippen LogP contribution in [0.2, 0.25) is 0 Å². The van der Waals surface area contributed by atoms with Crippen molar-refractivity contribution in [3.8, 4) is 17.0 Å². The van der Waals surface area contributed by atoms with Crippen LogP contribution >= 0.6 is 0 Å². The Labute approximate surface area is 97.2 Å². The fraction of sp³-hybridized carbons (Fsp3) is 0.273. The highest BCUT2D eigenvalue weighted by molar-refractivity contribution is 5.56. The first kappa shape index (κ1) is 11.3. The van der Waals surface area contributed by atoms with Gasteiger partial charge in [-0.3, -0.25) is 4.63 Å². The van der Waals surface area contributed by atoms with Gasteiger partial charge >= 0.3 is 5.56 Å². The van der Waals surface area contributed by atoms with Crippen LogP contribution in [0.3, 0.4) is 0 Å². The molecule has 2 aromatic rings. The van der Waals surface area contributed by atoms with Crippen LogP contribution in [0.5, 0.6) is 5.75 Å². The van der Waals surface area contributed by atoms with Gasteiger partial charge < -0.3 is 9.94 Å². The summed E-state index contributed by atoms with van der Waals surface area (Å²) in [7, 11) is 1.38. The lowest BCUT2D eigenvalue weighted by molar-refractivity contribution is -0.798. The van der Waals surface area contributed by atoms with Gasteiger partial charge in [-0.05, 0) is 36.1 Å². The second kappa shape index (κ2) is 4.32. The normalized spacial score (nSPS) is 10.5. The van der Waals surface area contributed by atoms with Gasteiger partial charge in [-0.2, -0.15) is 0 Å². The van der Waals surface area contributed by atoms with Gasteiger partial charge in [-0.1, -0.05) is 0 Å². The molecule has 1 aromatic carbocycles. The summed E-state index contributed by atoms with van der Waals surface area (Å²) in [6.45, 7) is 2.44. The zero-order valence-corrected chi connectivity index (χ0v) is 9.54. The Kier molecular flexibility index (Phi) is 2.86. The molecule has 6 nitrogen and oxygen atoms in total. The van der Waals surface area contributed by atoms with Crippen LogP contribution in [0, 0.1) is 5.21 Å². The van der Waals surface area contributed by atoms with Crippen molar-refractivity contribution in [3.05, 3.63) is 39.8 Å². The minimum atomic E-state index is -0.468. The standard InChI is InChI=1S/C11H12N2O4/c1-3-16-9-6-4-8(5-7-9)10-11(14)12(2)17-13(10)15/h4-7H,3H2,1-2H3. The van der Waals surface area contributed by atoms with Crippen molar-refractivity contribution in [3.63, 3.8) is 0 Å². The molecule has 0 spiro atoms. The van der Waals surface area contributed by atoms with E-state index in [1.165, 1.54) is 7.05 Å². The summed E-state index contributed by atoms with van der Waals surface area (Å²) in [6, 6.07) is 6.69. The molecule has 90 valence electrons. The molecule has 2 rings (SSSR count). The Morgan fingerprint density at radius 2 is 2.06 bits per heavy atom. The third-order valence-electron chi connectivity index (χ3n) is 2.31. The molecule has 1 aromatic heterocycles. The number of ether oxygens (including phenoxy) is 1. The number of benzene rings is 1. The molecule has 6 heteroatoms. The van der Waals surface area contributed by atoms with Crippen molar-refractivity contribution in [2.75, 3.05) is 6.61 Å². The van der Waals surface area contributed by atoms with E-state index in [0.717, 1.165) is 4.74 Å². The average molecular weight is 236 g/mol. The number of nitrogens with zero attached hydrogens (tertiary/aromatic N) is 2. The minimum absolute atomic E-state index is 0.0319. The molecule has 0 aliphatic carbocycles. The molecular weight excluding hydrogens is 224 g/mol. The number of aromatic nitrogens is 2. The summed E-state index contributed by atoms with van der Waals surface area (Å²) >= 11 is 0. The summed E-state index contributed by atoms with van der Waals surface area (Å²) in [5.74, 6) is 0.689. The van der Waals surface area contributed by atoms with Crippen molar-refractivity contribution in [2.45, 2.75) is 6.92 Å². The monoisotopic (exact) mass is 236 g/mol. The van der Waals surface area contributed by atoms with E-state index < -0.39 is 5.56 Å². The van der Waals surface area contributed by atoms with Gasteiger partial charge in [-0.15, -0.1) is 4.74 Å². The summed E-state index contributed by atoms with van der Waals surface area (Å²) in [5.41, 5.74) is -0.00230. The van der Waals surface area contributed by atoms with Crippen molar-refractivity contribution in [1.82, 2.24) is 4.74 Å². The van der Waals surface area contributed by atoms with E-state index in [2.05, 4.69) is 4.63 Å². The summed E-state index contributed by atoms with van der Waals surface area (Å²) in [5, 5.41) is 11.4. The zero-order valence-electron chi connectivity index (χ0n) is 9.54. The lowest BCUT2D eigenvalue weighted by Gasteiger charge is -2.02. The van der Waals surface area contributed by atoms with Crippen LogP contribution < -0.4 is 15.2 Å². The summed E-state index contributed by atoms with van der Waals surface area (Å²) < 4.78 is 10.8. The van der Waals surface area contributed by atoms with Gasteiger partial charge in [0, 0.05) is 5.56 Å². The third-order valence-corrected chi connectivity index (χ3v) is 2.31. The van der Waals surface area contributed by atoms with E-state index in [1.54, 1.807) is 24.3 Å². The molecule has 0 radical (unpaired) electrons. The summed E-state index contributed by atoms with van der Waals surface area (Å²) in [4.78, 5) is 11.8. The molecule has 0 N–H and O–H groups in total. The topological polar surface area (TPSA) is 71.3 Å². The van der Waals surface area contributed by atoms with Crippen molar-refractivity contribution in [1.29, 1.82) is 0 Å². The van der Waals surface area contributed by atoms with Gasteiger partial charge in [-0.25, -0.2) is 4.79 Å². The smallest absolute Gasteiger partial charge is 0.401 e. The van der Waals surface area contributed by atoms with E-state index in [0.29, 0.717) is 17.9 Å². The Hall–Kier alpha value is -2.24. The molecule has 0 atom stereocenters. The number of hydrogen-bond acceptors (Lipinski definition) is 4. The van der Waals surface area contributed by atoms with Gasteiger partial charge in [0.05, 0.1) is 6.61 Å². The molecule has 0 unspecified atom stereocenters. The van der Waals surface area contributed by atoms with E-state index >= 15 is 0 Å². The Morgan fingerprint density at radius 3 is 2.53 bits per heavy atom. The van der Waals surface area contributed by atoms with Crippen molar-refractivity contribution < 1.29 is 14.3 Å². The zero-order chi connectivity index (χ0) is 12.4. The Balaban J connectivity index is 2.43. The predicted octanol–water partition coefficient (Wildman–Crippen LogP) is 0.677. The fourth-order valence-electron chi connectivity index (χ4n) is 1.52. The van der Waals surface area contributed by atoms with Crippen LogP contribution in [0.1, 0.15) is 6.92 Å². The second-order valence-corrected chi connectivity index (χ2v) is 3.45. The van der Waals surface area contributed by atoms with Gasteiger partial charge in [0.25, 0.3) is 5.69 Å². The van der Waals surface area contributed by atoms with Crippen LogP contribution in [-0.4, -0.2) is 11.3 Å². The number of hydrogen-bond donors (Lipinski definition) is 0. The molecule has 0 saturated heterocycles. The van der Waals surface area contributed by atoms with E-state index in [9.17, 15) is 10.0 Å². The van der Waals surface area contributed by atoms with Gasteiger partial charge in [0.15, 0.2) is 0 Å². The van der Waals surface area contributed by atoms with E-state index in [-0.39, 0.29) is 10.6 Å². The SMILES string of the molecule is CCOc1ccc(-c2c(=O)n(C)o[n+]2[O-])cc1. The second-order valence-electron chi connectivity index (χ2n) is 3.45. The Bertz CT molecular complexity index is 568. The van der Waals surface area contributed by atoms with Gasteiger partial charge in [0.2, 0.25) is 0 Å². The Morgan fingerprint density at radius 1 is 1.41 bits per heavy atom. The molecule has 0 amide bonds. The molecule has 0 bridgehead atoms. The predicted molar refractivity (Wildman–Crippen MR) is 59.5 cm³/mol. The van der Waals surface area contributed by atoms with Crippen LogP contribution in [0.25, 0.3) is 11.3 Å². The maximum absolute atomic E-state index is 11.6. The van der Waals surface area contributed by atoms with Crippen molar-refractivity contribution in [2.24, 2.45) is 7.05 Å². The van der Waals surface area contributed by atoms with Crippen LogP contribution in [0.4, 0.5) is 0 Å². The maximum Gasteiger partial charge on any atom is 0.401 e. The summed E-state index contributed by atoms with van der Waals surface area (Å²) in [6.07, 6.45) is 0. The van der Waals surface area contributed by atoms with Crippen LogP contribution in [-0.2, 0) is 7.05 Å². The minimum Gasteiger partial charge on any atom is -0.494 e. The number of rotatable bonds is 3. The van der Waals surface area contributed by atoms with Crippen LogP contribution in [0.15, 0.2) is 33.7 Å². The molecule has 17 heavy (non-hydrogen) atoms. The molecule has 0 aliphatic heterocycles. The molecular formula is C11H12N2O4. The average Bonchev–Trinajstić information content (AvgIpc) is 2.55. The molecule has 0 aliphatic rings. The first-order chi connectivity index (χ1) is 8.13. The maximum atomic E-state index is 11.6.